The van der Waals surface area contributed by atoms with Gasteiger partial charge in [-0.1, -0.05) is 0 Å². The number of anilines is 1. The Kier molecular flexibility index (Phi) is 3.26. The number of nitrogens with one attached hydrogen (secondary N) is 2. The molecular weight excluding hydrogens is 354 g/mol. The number of aromatic amines is 1. The van der Waals surface area contributed by atoms with Crippen molar-refractivity contribution in [1.29, 1.82) is 0 Å². The highest BCUT2D eigenvalue weighted by atomic mass is 19.3. The topological polar surface area (TPSA) is 119 Å². The van der Waals surface area contributed by atoms with Crippen LogP contribution in [0.5, 0.6) is 11.5 Å². The molecule has 11 heteroatoms. The molecule has 26 heavy (non-hydrogen) atoms. The number of non-ortho nitro benzene ring substituents is 1. The summed E-state index contributed by atoms with van der Waals surface area (Å²) in [6.07, 6.45) is -3.73. The van der Waals surface area contributed by atoms with E-state index in [1.54, 1.807) is 0 Å². The molecule has 1 aromatic heterocycles. The Labute approximate surface area is 142 Å². The first-order valence-corrected chi connectivity index (χ1v) is 7.16. The van der Waals surface area contributed by atoms with Gasteiger partial charge in [-0.3, -0.25) is 20.2 Å². The van der Waals surface area contributed by atoms with E-state index in [4.69, 9.17) is 0 Å². The van der Waals surface area contributed by atoms with Crippen LogP contribution in [0.25, 0.3) is 11.0 Å². The molecular formula is C15H8F2N4O5. The van der Waals surface area contributed by atoms with Crippen molar-refractivity contribution in [3.8, 4) is 11.5 Å². The molecule has 2 N–H and O–H groups in total. The van der Waals surface area contributed by atoms with Gasteiger partial charge in [0.05, 0.1) is 16.0 Å². The first kappa shape index (κ1) is 15.7. The first-order chi connectivity index (χ1) is 12.3. The predicted molar refractivity (Wildman–Crippen MR) is 83.3 cm³/mol. The Bertz CT molecular complexity index is 1000. The zero-order chi connectivity index (χ0) is 18.5. The monoisotopic (exact) mass is 362 g/mol. The lowest BCUT2D eigenvalue weighted by molar-refractivity contribution is -0.384. The van der Waals surface area contributed by atoms with Crippen molar-refractivity contribution in [1.82, 2.24) is 9.97 Å². The molecule has 0 radical (unpaired) electrons. The number of nitro benzene ring substituents is 1. The van der Waals surface area contributed by atoms with E-state index in [-0.39, 0.29) is 34.2 Å². The van der Waals surface area contributed by atoms with Crippen LogP contribution in [0.3, 0.4) is 0 Å². The molecule has 0 aliphatic carbocycles. The second-order valence-electron chi connectivity index (χ2n) is 5.33. The molecule has 3 aromatic rings. The van der Waals surface area contributed by atoms with Gasteiger partial charge in [-0.25, -0.2) is 4.98 Å². The number of carbonyl (C=O) groups excluding carboxylic acids is 1. The van der Waals surface area contributed by atoms with Crippen LogP contribution < -0.4 is 14.8 Å². The lowest BCUT2D eigenvalue weighted by Gasteiger charge is -2.04. The molecule has 2 heterocycles. The zero-order valence-corrected chi connectivity index (χ0v) is 12.7. The molecule has 1 amide bonds. The highest BCUT2D eigenvalue weighted by Gasteiger charge is 2.43. The number of amides is 1. The van der Waals surface area contributed by atoms with E-state index < -0.39 is 17.1 Å². The summed E-state index contributed by atoms with van der Waals surface area (Å²) in [5.74, 6) is -0.800. The van der Waals surface area contributed by atoms with Crippen molar-refractivity contribution in [2.24, 2.45) is 0 Å². The summed E-state index contributed by atoms with van der Waals surface area (Å²) in [6, 6.07) is 7.53. The summed E-state index contributed by atoms with van der Waals surface area (Å²) in [5.41, 5.74) is 0.676. The first-order valence-electron chi connectivity index (χ1n) is 7.16. The Balaban J connectivity index is 1.56. The van der Waals surface area contributed by atoms with E-state index in [0.717, 1.165) is 0 Å². The molecule has 2 aromatic carbocycles. The summed E-state index contributed by atoms with van der Waals surface area (Å²) in [5, 5.41) is 13.1. The van der Waals surface area contributed by atoms with Crippen LogP contribution in [0, 0.1) is 10.1 Å². The molecule has 0 spiro atoms. The van der Waals surface area contributed by atoms with E-state index in [1.165, 1.54) is 36.4 Å². The van der Waals surface area contributed by atoms with E-state index in [1.807, 2.05) is 0 Å². The number of fused-ring (bicyclic) bond motifs is 2. The number of hydrogen-bond acceptors (Lipinski definition) is 6. The van der Waals surface area contributed by atoms with Crippen LogP contribution in [-0.4, -0.2) is 27.1 Å². The fraction of sp³-hybridized carbons (Fsp3) is 0.0667. The number of H-pyrrole nitrogens is 1. The van der Waals surface area contributed by atoms with Crippen molar-refractivity contribution in [2.75, 3.05) is 5.32 Å². The molecule has 1 aliphatic heterocycles. The van der Waals surface area contributed by atoms with Crippen molar-refractivity contribution < 1.29 is 28.0 Å². The van der Waals surface area contributed by atoms with Crippen molar-refractivity contribution >= 4 is 28.6 Å². The summed E-state index contributed by atoms with van der Waals surface area (Å²) in [4.78, 5) is 29.0. The third-order valence-electron chi connectivity index (χ3n) is 3.58. The highest BCUT2D eigenvalue weighted by molar-refractivity contribution is 6.04. The van der Waals surface area contributed by atoms with Gasteiger partial charge in [0.25, 0.3) is 11.6 Å². The number of nitrogens with zero attached hydrogens (tertiary/aromatic N) is 2. The lowest BCUT2D eigenvalue weighted by Crippen LogP contribution is -2.25. The molecule has 0 saturated heterocycles. The molecule has 0 unspecified atom stereocenters. The van der Waals surface area contributed by atoms with Gasteiger partial charge in [0.15, 0.2) is 11.5 Å². The van der Waals surface area contributed by atoms with Gasteiger partial charge in [0.1, 0.15) is 0 Å². The van der Waals surface area contributed by atoms with Crippen molar-refractivity contribution in [2.45, 2.75) is 6.29 Å². The molecule has 0 saturated carbocycles. The fourth-order valence-electron chi connectivity index (χ4n) is 2.43. The average molecular weight is 362 g/mol. The van der Waals surface area contributed by atoms with Crippen LogP contribution in [0.2, 0.25) is 0 Å². The minimum absolute atomic E-state index is 0.0683. The Hall–Kier alpha value is -3.76. The van der Waals surface area contributed by atoms with Crippen LogP contribution in [0.1, 0.15) is 10.4 Å². The Morgan fingerprint density at radius 1 is 1.19 bits per heavy atom. The lowest BCUT2D eigenvalue weighted by atomic mass is 10.2. The Morgan fingerprint density at radius 3 is 2.50 bits per heavy atom. The van der Waals surface area contributed by atoms with Gasteiger partial charge in [0, 0.05) is 29.8 Å². The number of imidazole rings is 1. The van der Waals surface area contributed by atoms with Gasteiger partial charge in [-0.05, 0) is 12.1 Å². The van der Waals surface area contributed by atoms with Gasteiger partial charge < -0.3 is 14.5 Å². The third-order valence-corrected chi connectivity index (χ3v) is 3.58. The second-order valence-corrected chi connectivity index (χ2v) is 5.33. The van der Waals surface area contributed by atoms with Gasteiger partial charge in [-0.2, -0.15) is 0 Å². The molecule has 0 fully saturated rings. The minimum Gasteiger partial charge on any atom is -0.395 e. The van der Waals surface area contributed by atoms with Crippen LogP contribution in [-0.2, 0) is 0 Å². The maximum Gasteiger partial charge on any atom is 0.586 e. The Morgan fingerprint density at radius 2 is 1.85 bits per heavy atom. The number of alkyl halides is 2. The number of ether oxygens (including phenoxy) is 2. The molecule has 0 atom stereocenters. The molecule has 132 valence electrons. The van der Waals surface area contributed by atoms with E-state index >= 15 is 0 Å². The predicted octanol–water partition coefficient (Wildman–Crippen LogP) is 3.04. The number of hydrogen-bond donors (Lipinski definition) is 2. The number of aromatic nitrogens is 2. The van der Waals surface area contributed by atoms with Crippen LogP contribution in [0.15, 0.2) is 36.4 Å². The molecule has 9 nitrogen and oxygen atoms in total. The summed E-state index contributed by atoms with van der Waals surface area (Å²) < 4.78 is 34.8. The number of rotatable bonds is 3. The minimum atomic E-state index is -3.73. The molecule has 1 aliphatic rings. The van der Waals surface area contributed by atoms with Crippen molar-refractivity contribution in [3.05, 3.63) is 52.1 Å². The SMILES string of the molecule is O=C(Nc1nc2cc3c(cc2[nH]1)OC(F)(F)O3)c1ccc([N+](=O)[O-])cc1. The van der Waals surface area contributed by atoms with Gasteiger partial charge in [0.2, 0.25) is 5.95 Å². The highest BCUT2D eigenvalue weighted by Crippen LogP contribution is 2.42. The second kappa shape index (κ2) is 5.37. The summed E-state index contributed by atoms with van der Waals surface area (Å²) in [7, 11) is 0. The number of halogens is 2. The van der Waals surface area contributed by atoms with Crippen LogP contribution >= 0.6 is 0 Å². The smallest absolute Gasteiger partial charge is 0.395 e. The maximum absolute atomic E-state index is 13.0. The normalized spacial score (nSPS) is 14.4. The molecule has 0 bridgehead atoms. The maximum atomic E-state index is 13.0. The summed E-state index contributed by atoms with van der Waals surface area (Å²) >= 11 is 0. The van der Waals surface area contributed by atoms with Gasteiger partial charge in [-0.15, -0.1) is 8.78 Å². The van der Waals surface area contributed by atoms with Crippen LogP contribution in [0.4, 0.5) is 20.4 Å². The molecule has 4 rings (SSSR count). The van der Waals surface area contributed by atoms with Crippen molar-refractivity contribution in [3.63, 3.8) is 0 Å². The number of carbonyl (C=O) groups is 1. The number of benzene rings is 2. The third kappa shape index (κ3) is 2.75. The van der Waals surface area contributed by atoms with Gasteiger partial charge >= 0.3 is 6.29 Å². The quantitative estimate of drug-likeness (QED) is 0.546. The van der Waals surface area contributed by atoms with E-state index in [9.17, 15) is 23.7 Å². The number of nitro groups is 1. The van der Waals surface area contributed by atoms with E-state index in [2.05, 4.69) is 24.8 Å². The zero-order valence-electron chi connectivity index (χ0n) is 12.7. The standard InChI is InChI=1S/C15H8F2N4O5/c16-15(17)25-11-5-9-10(6-12(11)26-15)19-14(18-9)20-13(22)7-1-3-8(4-2-7)21(23)24/h1-6H,(H2,18,19,20,22). The fourth-order valence-corrected chi connectivity index (χ4v) is 2.43. The average Bonchev–Trinajstić information content (AvgIpc) is 3.09. The summed E-state index contributed by atoms with van der Waals surface area (Å²) in [6.45, 7) is 0. The van der Waals surface area contributed by atoms with E-state index in [0.29, 0.717) is 5.52 Å². The largest absolute Gasteiger partial charge is 0.586 e.